The van der Waals surface area contributed by atoms with Gasteiger partial charge < -0.3 is 20.1 Å². The van der Waals surface area contributed by atoms with Crippen LogP contribution in [0.25, 0.3) is 0 Å². The minimum Gasteiger partial charge on any atom is -0.490 e. The van der Waals surface area contributed by atoms with Gasteiger partial charge in [-0.1, -0.05) is 41.4 Å². The van der Waals surface area contributed by atoms with Gasteiger partial charge in [0.2, 0.25) is 0 Å². The third-order valence-electron chi connectivity index (χ3n) is 3.84. The molecule has 0 fully saturated rings. The fraction of sp³-hybridized carbons (Fsp3) is 0.400. The van der Waals surface area contributed by atoms with Gasteiger partial charge >= 0.3 is 0 Å². The van der Waals surface area contributed by atoms with Crippen molar-refractivity contribution in [2.45, 2.75) is 26.5 Å². The molecule has 0 aromatic heterocycles. The van der Waals surface area contributed by atoms with Crippen molar-refractivity contribution >= 4 is 23.2 Å². The molecule has 0 atom stereocenters. The normalized spacial score (nSPS) is 10.8. The molecular formula is C20H26Cl2N2O2. The van der Waals surface area contributed by atoms with Crippen LogP contribution < -0.4 is 20.1 Å². The monoisotopic (exact) mass is 396 g/mol. The van der Waals surface area contributed by atoms with E-state index in [0.29, 0.717) is 29.8 Å². The highest BCUT2D eigenvalue weighted by atomic mass is 35.5. The molecule has 0 bridgehead atoms. The number of benzene rings is 2. The molecule has 0 aliphatic carbocycles. The van der Waals surface area contributed by atoms with Gasteiger partial charge in [-0.25, -0.2) is 0 Å². The van der Waals surface area contributed by atoms with Gasteiger partial charge in [-0.3, -0.25) is 0 Å². The summed E-state index contributed by atoms with van der Waals surface area (Å²) < 4.78 is 11.8. The summed E-state index contributed by atoms with van der Waals surface area (Å²) >= 11 is 12.2. The average Bonchev–Trinajstić information content (AvgIpc) is 2.62. The molecule has 0 saturated heterocycles. The third kappa shape index (κ3) is 6.36. The smallest absolute Gasteiger partial charge is 0.166 e. The van der Waals surface area contributed by atoms with E-state index in [0.717, 1.165) is 42.1 Å². The molecule has 2 rings (SSSR count). The lowest BCUT2D eigenvalue weighted by Gasteiger charge is -2.17. The van der Waals surface area contributed by atoms with Gasteiger partial charge in [0.15, 0.2) is 11.5 Å². The third-order valence-corrected chi connectivity index (χ3v) is 4.43. The van der Waals surface area contributed by atoms with Gasteiger partial charge in [-0.15, -0.1) is 0 Å². The Balaban J connectivity index is 2.09. The molecule has 0 amide bonds. The van der Waals surface area contributed by atoms with E-state index < -0.39 is 0 Å². The molecule has 2 aromatic carbocycles. The maximum absolute atomic E-state index is 6.25. The predicted molar refractivity (Wildman–Crippen MR) is 109 cm³/mol. The van der Waals surface area contributed by atoms with Crippen molar-refractivity contribution in [3.05, 3.63) is 57.6 Å². The number of nitrogens with one attached hydrogen (secondary N) is 2. The van der Waals surface area contributed by atoms with Gasteiger partial charge in [0.1, 0.15) is 6.61 Å². The number of hydrogen-bond acceptors (Lipinski definition) is 4. The molecule has 0 heterocycles. The number of para-hydroxylation sites is 1. The molecule has 2 N–H and O–H groups in total. The van der Waals surface area contributed by atoms with Crippen LogP contribution in [0.3, 0.4) is 0 Å². The van der Waals surface area contributed by atoms with Crippen LogP contribution in [0.4, 0.5) is 0 Å². The second kappa shape index (κ2) is 11.3. The van der Waals surface area contributed by atoms with Crippen LogP contribution in [0.15, 0.2) is 36.4 Å². The van der Waals surface area contributed by atoms with Crippen LogP contribution in [0.1, 0.15) is 24.5 Å². The molecule has 142 valence electrons. The summed E-state index contributed by atoms with van der Waals surface area (Å²) in [5, 5.41) is 7.80. The van der Waals surface area contributed by atoms with Gasteiger partial charge in [0.25, 0.3) is 0 Å². The largest absolute Gasteiger partial charge is 0.490 e. The fourth-order valence-electron chi connectivity index (χ4n) is 2.54. The highest BCUT2D eigenvalue weighted by Crippen LogP contribution is 2.33. The maximum Gasteiger partial charge on any atom is 0.166 e. The van der Waals surface area contributed by atoms with Crippen LogP contribution in [0.2, 0.25) is 10.0 Å². The summed E-state index contributed by atoms with van der Waals surface area (Å²) in [5.74, 6) is 1.49. The van der Waals surface area contributed by atoms with Crippen molar-refractivity contribution in [2.75, 3.05) is 26.7 Å². The summed E-state index contributed by atoms with van der Waals surface area (Å²) in [7, 11) is 1.96. The predicted octanol–water partition coefficient (Wildman–Crippen LogP) is 4.67. The van der Waals surface area contributed by atoms with Crippen molar-refractivity contribution in [1.29, 1.82) is 0 Å². The Hall–Kier alpha value is -1.46. The summed E-state index contributed by atoms with van der Waals surface area (Å²) in [5.41, 5.74) is 1.95. The summed E-state index contributed by atoms with van der Waals surface area (Å²) in [6.07, 6.45) is 1.07. The van der Waals surface area contributed by atoms with E-state index in [1.165, 1.54) is 0 Å². The molecule has 0 saturated carbocycles. The van der Waals surface area contributed by atoms with E-state index in [2.05, 4.69) is 10.6 Å². The van der Waals surface area contributed by atoms with Gasteiger partial charge in [-0.2, -0.15) is 0 Å². The zero-order chi connectivity index (χ0) is 18.8. The fourth-order valence-corrected chi connectivity index (χ4v) is 3.00. The number of ether oxygens (including phenoxy) is 2. The number of halogens is 2. The molecule has 0 spiro atoms. The molecule has 0 radical (unpaired) electrons. The SMILES string of the molecule is CCOc1cccc(CNCCCNC)c1OCc1ccc(Cl)cc1Cl. The molecule has 0 aliphatic rings. The van der Waals surface area contributed by atoms with E-state index in [1.807, 2.05) is 44.3 Å². The van der Waals surface area contributed by atoms with Crippen LogP contribution in [-0.2, 0) is 13.2 Å². The van der Waals surface area contributed by atoms with Gasteiger partial charge in [0.05, 0.1) is 6.61 Å². The van der Waals surface area contributed by atoms with E-state index >= 15 is 0 Å². The van der Waals surface area contributed by atoms with Crippen molar-refractivity contribution in [1.82, 2.24) is 10.6 Å². The Kier molecular flexibility index (Phi) is 9.06. The first-order valence-electron chi connectivity index (χ1n) is 8.82. The first-order chi connectivity index (χ1) is 12.7. The Morgan fingerprint density at radius 1 is 1.00 bits per heavy atom. The van der Waals surface area contributed by atoms with E-state index in [9.17, 15) is 0 Å². The molecule has 2 aromatic rings. The highest BCUT2D eigenvalue weighted by molar-refractivity contribution is 6.35. The zero-order valence-electron chi connectivity index (χ0n) is 15.3. The molecular weight excluding hydrogens is 371 g/mol. The number of rotatable bonds is 11. The molecule has 4 nitrogen and oxygen atoms in total. The van der Waals surface area contributed by atoms with Gasteiger partial charge in [-0.05, 0) is 51.7 Å². The molecule has 0 unspecified atom stereocenters. The zero-order valence-corrected chi connectivity index (χ0v) is 16.8. The molecule has 6 heteroatoms. The van der Waals surface area contributed by atoms with Gasteiger partial charge in [0, 0.05) is 27.7 Å². The first kappa shape index (κ1) is 20.8. The van der Waals surface area contributed by atoms with Crippen LogP contribution >= 0.6 is 23.2 Å². The number of hydrogen-bond donors (Lipinski definition) is 2. The van der Waals surface area contributed by atoms with Crippen molar-refractivity contribution in [2.24, 2.45) is 0 Å². The summed E-state index contributed by atoms with van der Waals surface area (Å²) in [6, 6.07) is 11.4. The Labute approximate surface area is 165 Å². The summed E-state index contributed by atoms with van der Waals surface area (Å²) in [4.78, 5) is 0. The topological polar surface area (TPSA) is 42.5 Å². The average molecular weight is 397 g/mol. The molecule has 26 heavy (non-hydrogen) atoms. The van der Waals surface area contributed by atoms with Crippen molar-refractivity contribution < 1.29 is 9.47 Å². The standard InChI is InChI=1S/C20H26Cl2N2O2/c1-3-25-19-7-4-6-15(13-24-11-5-10-23-2)20(19)26-14-16-8-9-17(21)12-18(16)22/h4,6-9,12,23-24H,3,5,10-11,13-14H2,1-2H3. The second-order valence-electron chi connectivity index (χ2n) is 5.84. The lowest BCUT2D eigenvalue weighted by Crippen LogP contribution is -2.20. The quantitative estimate of drug-likeness (QED) is 0.541. The van der Waals surface area contributed by atoms with Crippen molar-refractivity contribution in [3.63, 3.8) is 0 Å². The lowest BCUT2D eigenvalue weighted by molar-refractivity contribution is 0.266. The first-order valence-corrected chi connectivity index (χ1v) is 9.58. The lowest BCUT2D eigenvalue weighted by atomic mass is 10.1. The summed E-state index contributed by atoms with van der Waals surface area (Å²) in [6.45, 7) is 5.54. The minimum absolute atomic E-state index is 0.354. The van der Waals surface area contributed by atoms with E-state index in [4.69, 9.17) is 32.7 Å². The van der Waals surface area contributed by atoms with Crippen molar-refractivity contribution in [3.8, 4) is 11.5 Å². The maximum atomic E-state index is 6.25. The van der Waals surface area contributed by atoms with Crippen LogP contribution in [0.5, 0.6) is 11.5 Å². The van der Waals surface area contributed by atoms with Crippen LogP contribution in [-0.4, -0.2) is 26.7 Å². The molecule has 0 aliphatic heterocycles. The Morgan fingerprint density at radius 2 is 1.85 bits per heavy atom. The van der Waals surface area contributed by atoms with Crippen LogP contribution in [0, 0.1) is 0 Å². The second-order valence-corrected chi connectivity index (χ2v) is 6.68. The highest BCUT2D eigenvalue weighted by Gasteiger charge is 2.12. The Morgan fingerprint density at radius 3 is 2.58 bits per heavy atom. The van der Waals surface area contributed by atoms with E-state index in [-0.39, 0.29) is 0 Å². The Bertz CT molecular complexity index is 696. The van der Waals surface area contributed by atoms with E-state index in [1.54, 1.807) is 6.07 Å². The minimum atomic E-state index is 0.354.